The molecule has 5 nitrogen and oxygen atoms in total. The van der Waals surface area contributed by atoms with Crippen molar-refractivity contribution in [1.82, 2.24) is 10.2 Å². The van der Waals surface area contributed by atoms with E-state index in [0.717, 1.165) is 38.1 Å². The second kappa shape index (κ2) is 9.68. The fourth-order valence-electron chi connectivity index (χ4n) is 4.22. The van der Waals surface area contributed by atoms with E-state index in [4.69, 9.17) is 4.42 Å². The van der Waals surface area contributed by atoms with Gasteiger partial charge in [0.15, 0.2) is 0 Å². The van der Waals surface area contributed by atoms with Crippen LogP contribution in [0.4, 0.5) is 5.69 Å². The topological polar surface area (TPSA) is 48.7 Å². The van der Waals surface area contributed by atoms with Gasteiger partial charge in [-0.3, -0.25) is 4.79 Å². The fraction of sp³-hybridized carbons (Fsp3) is 0.476. The summed E-state index contributed by atoms with van der Waals surface area (Å²) in [5.74, 6) is 0.873. The summed E-state index contributed by atoms with van der Waals surface area (Å²) < 4.78 is 5.74. The monoisotopic (exact) mass is 425 g/mol. The highest BCUT2D eigenvalue weighted by Crippen LogP contribution is 2.33. The number of halogens is 2. The van der Waals surface area contributed by atoms with Gasteiger partial charge in [-0.05, 0) is 50.9 Å². The minimum atomic E-state index is 0. The van der Waals surface area contributed by atoms with E-state index in [1.165, 1.54) is 11.3 Å². The summed E-state index contributed by atoms with van der Waals surface area (Å²) in [6.07, 6.45) is 4.70. The molecule has 0 spiro atoms. The van der Waals surface area contributed by atoms with Crippen LogP contribution in [0.5, 0.6) is 0 Å². The van der Waals surface area contributed by atoms with Gasteiger partial charge >= 0.3 is 0 Å². The number of nitrogens with zero attached hydrogens (tertiary/aromatic N) is 2. The molecule has 1 unspecified atom stereocenters. The van der Waals surface area contributed by atoms with E-state index in [0.29, 0.717) is 24.2 Å². The second-order valence-corrected chi connectivity index (χ2v) is 7.42. The molecule has 2 aromatic rings. The maximum atomic E-state index is 13.0. The van der Waals surface area contributed by atoms with Crippen molar-refractivity contribution in [2.45, 2.75) is 44.8 Å². The third-order valence-corrected chi connectivity index (χ3v) is 5.83. The van der Waals surface area contributed by atoms with Gasteiger partial charge in [0, 0.05) is 30.9 Å². The number of benzene rings is 1. The number of hydrogen-bond acceptors (Lipinski definition) is 4. The number of carbonyl (C=O) groups is 1. The number of carbonyl (C=O) groups excluding carboxylic acids is 1. The predicted molar refractivity (Wildman–Crippen MR) is 117 cm³/mol. The van der Waals surface area contributed by atoms with Gasteiger partial charge in [-0.2, -0.15) is 0 Å². The molecule has 0 aliphatic carbocycles. The third kappa shape index (κ3) is 4.32. The molecule has 2 aliphatic heterocycles. The van der Waals surface area contributed by atoms with E-state index in [1.807, 2.05) is 18.0 Å². The lowest BCUT2D eigenvalue weighted by Crippen LogP contribution is -2.44. The Kier molecular flexibility index (Phi) is 7.81. The lowest BCUT2D eigenvalue weighted by molar-refractivity contribution is 0.0705. The van der Waals surface area contributed by atoms with Gasteiger partial charge in [-0.25, -0.2) is 0 Å². The Bertz CT molecular complexity index is 787. The number of piperidine rings is 1. The van der Waals surface area contributed by atoms with E-state index in [1.54, 1.807) is 6.26 Å². The van der Waals surface area contributed by atoms with Crippen molar-refractivity contribution in [3.8, 4) is 0 Å². The molecule has 1 aromatic heterocycles. The first-order valence-corrected chi connectivity index (χ1v) is 9.55. The number of anilines is 1. The zero-order valence-electron chi connectivity index (χ0n) is 16.4. The van der Waals surface area contributed by atoms with E-state index < -0.39 is 0 Å². The summed E-state index contributed by atoms with van der Waals surface area (Å²) >= 11 is 0. The molecule has 154 valence electrons. The molecule has 1 atom stereocenters. The first kappa shape index (κ1) is 22.6. The van der Waals surface area contributed by atoms with Crippen LogP contribution in [-0.4, -0.2) is 43.0 Å². The molecule has 1 amide bonds. The number of likely N-dealkylation sites (tertiary alicyclic amines) is 1. The first-order chi connectivity index (χ1) is 12.7. The number of amides is 1. The van der Waals surface area contributed by atoms with Crippen LogP contribution >= 0.6 is 24.8 Å². The Balaban J connectivity index is 0.00000140. The highest BCUT2D eigenvalue weighted by Gasteiger charge is 2.30. The van der Waals surface area contributed by atoms with Crippen LogP contribution in [0.1, 0.15) is 41.4 Å². The van der Waals surface area contributed by atoms with Gasteiger partial charge in [0.2, 0.25) is 0 Å². The summed E-state index contributed by atoms with van der Waals surface area (Å²) in [5.41, 5.74) is 3.34. The molecule has 0 radical (unpaired) electrons. The van der Waals surface area contributed by atoms with E-state index in [-0.39, 0.29) is 30.7 Å². The molecule has 28 heavy (non-hydrogen) atoms. The average molecular weight is 426 g/mol. The van der Waals surface area contributed by atoms with Crippen LogP contribution in [0.25, 0.3) is 0 Å². The summed E-state index contributed by atoms with van der Waals surface area (Å²) in [5, 5.41) is 3.31. The molecule has 2 aliphatic rings. The Morgan fingerprint density at radius 1 is 1.18 bits per heavy atom. The Morgan fingerprint density at radius 3 is 2.61 bits per heavy atom. The lowest BCUT2D eigenvalue weighted by atomic mass is 10.0. The van der Waals surface area contributed by atoms with Crippen LogP contribution in [0.2, 0.25) is 0 Å². The zero-order valence-corrected chi connectivity index (χ0v) is 18.0. The van der Waals surface area contributed by atoms with Crippen molar-refractivity contribution in [3.63, 3.8) is 0 Å². The predicted octanol–water partition coefficient (Wildman–Crippen LogP) is 3.90. The number of rotatable bonds is 4. The van der Waals surface area contributed by atoms with E-state index >= 15 is 0 Å². The molecule has 7 heteroatoms. The summed E-state index contributed by atoms with van der Waals surface area (Å²) in [6, 6.07) is 11.3. The highest BCUT2D eigenvalue weighted by atomic mass is 35.5. The molecule has 4 rings (SSSR count). The third-order valence-electron chi connectivity index (χ3n) is 5.83. The molecule has 0 bridgehead atoms. The number of furan rings is 1. The molecule has 1 fully saturated rings. The average Bonchev–Trinajstić information content (AvgIpc) is 3.26. The molecule has 1 aromatic carbocycles. The maximum absolute atomic E-state index is 13.0. The van der Waals surface area contributed by atoms with Crippen molar-refractivity contribution >= 4 is 36.4 Å². The lowest BCUT2D eigenvalue weighted by Gasteiger charge is -2.32. The van der Waals surface area contributed by atoms with Gasteiger partial charge in [-0.1, -0.05) is 18.2 Å². The van der Waals surface area contributed by atoms with Crippen molar-refractivity contribution in [3.05, 3.63) is 53.5 Å². The molecular weight excluding hydrogens is 397 g/mol. The quantitative estimate of drug-likeness (QED) is 0.806. The van der Waals surface area contributed by atoms with Crippen molar-refractivity contribution in [2.24, 2.45) is 0 Å². The van der Waals surface area contributed by atoms with Crippen molar-refractivity contribution in [2.75, 3.05) is 25.0 Å². The van der Waals surface area contributed by atoms with E-state index in [9.17, 15) is 4.79 Å². The zero-order chi connectivity index (χ0) is 18.1. The highest BCUT2D eigenvalue weighted by molar-refractivity contribution is 5.95. The second-order valence-electron chi connectivity index (χ2n) is 7.42. The molecular formula is C21H29Cl2N3O2. The number of fused-ring (bicyclic) bond motifs is 1. The van der Waals surface area contributed by atoms with E-state index in [2.05, 4.69) is 41.4 Å². The minimum absolute atomic E-state index is 0. The summed E-state index contributed by atoms with van der Waals surface area (Å²) in [4.78, 5) is 17.3. The SMILES string of the molecule is CNC1CCN(C(=O)c2ccoc2CN2c3ccccc3CC2C)CC1.Cl.Cl. The smallest absolute Gasteiger partial charge is 0.257 e. The maximum Gasteiger partial charge on any atom is 0.257 e. The van der Waals surface area contributed by atoms with Crippen molar-refractivity contribution in [1.29, 1.82) is 0 Å². The largest absolute Gasteiger partial charge is 0.467 e. The van der Waals surface area contributed by atoms with Crippen molar-refractivity contribution < 1.29 is 9.21 Å². The molecule has 0 saturated carbocycles. The van der Waals surface area contributed by atoms with Gasteiger partial charge in [0.25, 0.3) is 5.91 Å². The van der Waals surface area contributed by atoms with Gasteiger partial charge in [0.1, 0.15) is 5.76 Å². The van der Waals surface area contributed by atoms with Crippen LogP contribution in [-0.2, 0) is 13.0 Å². The molecule has 3 heterocycles. The minimum Gasteiger partial charge on any atom is -0.467 e. The normalized spacial score (nSPS) is 19.0. The summed E-state index contributed by atoms with van der Waals surface area (Å²) in [6.45, 7) is 4.47. The Hall–Kier alpha value is -1.69. The fourth-order valence-corrected chi connectivity index (χ4v) is 4.22. The number of hydrogen-bond donors (Lipinski definition) is 1. The van der Waals surface area contributed by atoms with Gasteiger partial charge in [0.05, 0.1) is 18.4 Å². The first-order valence-electron chi connectivity index (χ1n) is 9.55. The Morgan fingerprint density at radius 2 is 1.89 bits per heavy atom. The van der Waals surface area contributed by atoms with Crippen LogP contribution in [0.15, 0.2) is 41.0 Å². The van der Waals surface area contributed by atoms with Crippen LogP contribution in [0, 0.1) is 0 Å². The molecule has 1 N–H and O–H groups in total. The Labute approximate surface area is 179 Å². The number of nitrogens with one attached hydrogen (secondary N) is 1. The van der Waals surface area contributed by atoms with Crippen LogP contribution in [0.3, 0.4) is 0 Å². The van der Waals surface area contributed by atoms with Gasteiger partial charge < -0.3 is 19.5 Å². The standard InChI is InChI=1S/C21H27N3O2.2ClH/c1-15-13-16-5-3-4-6-19(16)24(15)14-20-18(9-12-26-20)21(25)23-10-7-17(22-2)8-11-23;;/h3-6,9,12,15,17,22H,7-8,10-11,13-14H2,1-2H3;2*1H. The van der Waals surface area contributed by atoms with Crippen LogP contribution < -0.4 is 10.2 Å². The van der Waals surface area contributed by atoms with Gasteiger partial charge in [-0.15, -0.1) is 24.8 Å². The number of para-hydroxylation sites is 1. The molecule has 1 saturated heterocycles. The summed E-state index contributed by atoms with van der Waals surface area (Å²) in [7, 11) is 1.99.